The van der Waals surface area contributed by atoms with Gasteiger partial charge >= 0.3 is 11.9 Å². The second-order valence-electron chi connectivity index (χ2n) is 17.0. The second-order valence-corrected chi connectivity index (χ2v) is 19.0. The van der Waals surface area contributed by atoms with Crippen molar-refractivity contribution >= 4 is 22.0 Å². The number of ether oxygens (including phenoxy) is 2. The highest BCUT2D eigenvalue weighted by molar-refractivity contribution is 7.88. The number of esters is 2. The van der Waals surface area contributed by atoms with Gasteiger partial charge in [-0.15, -0.1) is 0 Å². The third kappa shape index (κ3) is 7.94. The minimum atomic E-state index is -3.34. The number of hydrogen-bond donors (Lipinski definition) is 1. The number of pyridine rings is 2. The van der Waals surface area contributed by atoms with Crippen LogP contribution in [0.15, 0.2) is 36.7 Å². The molecule has 0 unspecified atom stereocenters. The Balaban J connectivity index is 0.000000159. The molecule has 0 aromatic carbocycles. The van der Waals surface area contributed by atoms with Gasteiger partial charge in [0, 0.05) is 32.0 Å². The second kappa shape index (κ2) is 14.3. The highest BCUT2D eigenvalue weighted by Gasteiger charge is 2.52. The van der Waals surface area contributed by atoms with Gasteiger partial charge in [-0.25, -0.2) is 18.0 Å². The summed E-state index contributed by atoms with van der Waals surface area (Å²) in [6, 6.07) is 7.06. The van der Waals surface area contributed by atoms with Crippen LogP contribution in [0, 0.1) is 46.3 Å². The summed E-state index contributed by atoms with van der Waals surface area (Å²) < 4.78 is 36.0. The third-order valence-corrected chi connectivity index (χ3v) is 14.1. The van der Waals surface area contributed by atoms with E-state index < -0.39 is 16.0 Å². The van der Waals surface area contributed by atoms with Crippen LogP contribution in [0.2, 0.25) is 0 Å². The fourth-order valence-corrected chi connectivity index (χ4v) is 12.7. The average Bonchev–Trinajstić information content (AvgIpc) is 3.06. The Labute approximate surface area is 297 Å². The van der Waals surface area contributed by atoms with Crippen molar-refractivity contribution in [2.45, 2.75) is 90.1 Å². The molecule has 0 atom stereocenters. The van der Waals surface area contributed by atoms with Crippen molar-refractivity contribution in [1.82, 2.24) is 19.6 Å². The topological polar surface area (TPSA) is 128 Å². The van der Waals surface area contributed by atoms with E-state index >= 15 is 0 Å². The van der Waals surface area contributed by atoms with Crippen LogP contribution in [-0.4, -0.2) is 68.2 Å². The largest absolute Gasteiger partial charge is 0.465 e. The number of rotatable bonds is 11. The Kier molecular flexibility index (Phi) is 10.1. The van der Waals surface area contributed by atoms with Crippen LogP contribution in [0.1, 0.15) is 109 Å². The van der Waals surface area contributed by atoms with Gasteiger partial charge in [0.1, 0.15) is 0 Å². The van der Waals surface area contributed by atoms with E-state index in [0.717, 1.165) is 54.3 Å². The minimum Gasteiger partial charge on any atom is -0.465 e. The lowest BCUT2D eigenvalue weighted by Crippen LogP contribution is -2.51. The number of sulfonamides is 1. The number of nitrogens with one attached hydrogen (secondary N) is 1. The van der Waals surface area contributed by atoms with Crippen LogP contribution >= 0.6 is 0 Å². The maximum absolute atomic E-state index is 12.5. The molecule has 1 N–H and O–H groups in total. The lowest BCUT2D eigenvalue weighted by molar-refractivity contribution is -0.0607. The lowest BCUT2D eigenvalue weighted by atomic mass is 9.49. The predicted octanol–water partition coefficient (Wildman–Crippen LogP) is 6.02. The molecule has 272 valence electrons. The van der Waals surface area contributed by atoms with Gasteiger partial charge in [-0.3, -0.25) is 9.97 Å². The normalized spacial score (nSPS) is 33.2. The van der Waals surface area contributed by atoms with E-state index in [9.17, 15) is 18.0 Å². The molecule has 11 heteroatoms. The van der Waals surface area contributed by atoms with Crippen molar-refractivity contribution in [1.29, 1.82) is 0 Å². The summed E-state index contributed by atoms with van der Waals surface area (Å²) in [5.41, 5.74) is 3.22. The molecule has 8 aliphatic carbocycles. The molecule has 0 aliphatic heterocycles. The minimum absolute atomic E-state index is 0.143. The molecule has 2 heterocycles. The zero-order valence-corrected chi connectivity index (χ0v) is 30.8. The van der Waals surface area contributed by atoms with Gasteiger partial charge in [-0.2, -0.15) is 4.31 Å². The van der Waals surface area contributed by atoms with Gasteiger partial charge in [0.2, 0.25) is 10.0 Å². The van der Waals surface area contributed by atoms with E-state index in [4.69, 9.17) is 4.74 Å². The molecular weight excluding hydrogens is 653 g/mol. The maximum atomic E-state index is 12.5. The summed E-state index contributed by atoms with van der Waals surface area (Å²) in [5, 5.41) is 3.64. The van der Waals surface area contributed by atoms with Crippen LogP contribution in [0.25, 0.3) is 0 Å². The Morgan fingerprint density at radius 2 is 1.14 bits per heavy atom. The molecule has 8 saturated carbocycles. The molecule has 0 spiro atoms. The number of methoxy groups -OCH3 is 2. The SMILES string of the molecule is COC(=O)c1ccc(CN(CC23CC4CC(CC(C4)C2)C3)S(C)(=O)=O)nc1.COC(=O)c1ccc(CNCC23CC4CC(CC(C4)C2)C3)nc1. The van der Waals surface area contributed by atoms with Gasteiger partial charge in [-0.1, -0.05) is 0 Å². The van der Waals surface area contributed by atoms with Crippen molar-refractivity contribution in [2.24, 2.45) is 46.3 Å². The molecule has 8 aliphatic rings. The molecule has 50 heavy (non-hydrogen) atoms. The van der Waals surface area contributed by atoms with Crippen LogP contribution in [0.3, 0.4) is 0 Å². The first-order chi connectivity index (χ1) is 23.9. The molecule has 0 radical (unpaired) electrons. The van der Waals surface area contributed by atoms with Gasteiger partial charge in [0.15, 0.2) is 0 Å². The summed E-state index contributed by atoms with van der Waals surface area (Å²) in [6.45, 7) is 2.75. The van der Waals surface area contributed by atoms with Crippen molar-refractivity contribution in [3.05, 3.63) is 59.2 Å². The third-order valence-electron chi connectivity index (χ3n) is 12.9. The number of hydrogen-bond acceptors (Lipinski definition) is 9. The summed E-state index contributed by atoms with van der Waals surface area (Å²) in [5.74, 6) is 4.59. The van der Waals surface area contributed by atoms with Crippen LogP contribution in [-0.2, 0) is 32.6 Å². The zero-order chi connectivity index (χ0) is 35.1. The molecule has 2 aromatic rings. The van der Waals surface area contributed by atoms with Gasteiger partial charge in [-0.05, 0) is 148 Å². The molecule has 0 amide bonds. The van der Waals surface area contributed by atoms with E-state index in [1.165, 1.54) is 104 Å². The fraction of sp³-hybridized carbons (Fsp3) is 0.692. The highest BCUT2D eigenvalue weighted by Crippen LogP contribution is 2.61. The van der Waals surface area contributed by atoms with E-state index in [1.54, 1.807) is 28.7 Å². The quantitative estimate of drug-likeness (QED) is 0.279. The Morgan fingerprint density at radius 3 is 1.52 bits per heavy atom. The number of carbonyl (C=O) groups excluding carboxylic acids is 2. The number of nitrogens with zero attached hydrogens (tertiary/aromatic N) is 3. The first-order valence-electron chi connectivity index (χ1n) is 18.6. The first-order valence-corrected chi connectivity index (χ1v) is 20.5. The predicted molar refractivity (Wildman–Crippen MR) is 189 cm³/mol. The highest BCUT2D eigenvalue weighted by atomic mass is 32.2. The van der Waals surface area contributed by atoms with Gasteiger partial charge in [0.25, 0.3) is 0 Å². The van der Waals surface area contributed by atoms with E-state index in [1.807, 2.05) is 6.07 Å². The summed E-state index contributed by atoms with van der Waals surface area (Å²) >= 11 is 0. The molecule has 2 aromatic heterocycles. The zero-order valence-electron chi connectivity index (χ0n) is 29.9. The van der Waals surface area contributed by atoms with Crippen LogP contribution in [0.4, 0.5) is 0 Å². The van der Waals surface area contributed by atoms with Crippen molar-refractivity contribution in [3.63, 3.8) is 0 Å². The van der Waals surface area contributed by atoms with E-state index in [2.05, 4.69) is 20.0 Å². The van der Waals surface area contributed by atoms with Crippen LogP contribution < -0.4 is 5.32 Å². The van der Waals surface area contributed by atoms with Crippen LogP contribution in [0.5, 0.6) is 0 Å². The smallest absolute Gasteiger partial charge is 0.339 e. The Bertz CT molecular complexity index is 1570. The van der Waals surface area contributed by atoms with E-state index in [0.29, 0.717) is 28.8 Å². The van der Waals surface area contributed by atoms with Crippen molar-refractivity contribution < 1.29 is 27.5 Å². The standard InChI is InChI=1S/C20H28N2O4S.C19H26N2O2/c1-26-19(23)17-3-4-18(21-11-17)12-22(27(2,24)25)13-20-8-14-5-15(9-20)7-16(6-14)10-20;1-23-18(22)16-2-3-17(21-10-16)11-20-12-19-7-13-4-14(8-19)6-15(5-13)9-19/h3-4,11,14-16H,5-10,12-13H2,1-2H3;2-3,10,13-15,20H,4-9,11-12H2,1H3. The summed E-state index contributed by atoms with van der Waals surface area (Å²) in [7, 11) is -0.618. The van der Waals surface area contributed by atoms with Crippen molar-refractivity contribution in [3.8, 4) is 0 Å². The first kappa shape index (κ1) is 35.5. The molecule has 8 fully saturated rings. The fourth-order valence-electron chi connectivity index (χ4n) is 11.8. The molecule has 10 nitrogen and oxygen atoms in total. The average molecular weight is 707 g/mol. The molecule has 10 rings (SSSR count). The molecule has 8 bridgehead atoms. The monoisotopic (exact) mass is 706 g/mol. The van der Waals surface area contributed by atoms with Gasteiger partial charge in [0.05, 0.1) is 49.5 Å². The van der Waals surface area contributed by atoms with E-state index in [-0.39, 0.29) is 17.9 Å². The van der Waals surface area contributed by atoms with Gasteiger partial charge < -0.3 is 14.8 Å². The number of carbonyl (C=O) groups is 2. The Hall–Kier alpha value is -2.89. The summed E-state index contributed by atoms with van der Waals surface area (Å²) in [4.78, 5) is 31.6. The van der Waals surface area contributed by atoms with Crippen molar-refractivity contribution in [2.75, 3.05) is 33.6 Å². The summed E-state index contributed by atoms with van der Waals surface area (Å²) in [6.07, 6.45) is 20.6. The lowest BCUT2D eigenvalue weighted by Gasteiger charge is -2.57. The Morgan fingerprint density at radius 1 is 0.720 bits per heavy atom. The maximum Gasteiger partial charge on any atom is 0.339 e. The number of aromatic nitrogens is 2. The molecule has 0 saturated heterocycles. The molecular formula is C39H54N4O6S.